The zero-order valence-corrected chi connectivity index (χ0v) is 24.9. The molecule has 0 heterocycles. The van der Waals surface area contributed by atoms with Crippen LogP contribution in [0.25, 0.3) is 10.8 Å². The first-order chi connectivity index (χ1) is 21.2. The van der Waals surface area contributed by atoms with E-state index in [0.717, 1.165) is 10.8 Å². The molecule has 0 bridgehead atoms. The van der Waals surface area contributed by atoms with Crippen LogP contribution in [0, 0.1) is 0 Å². The van der Waals surface area contributed by atoms with Gasteiger partial charge in [-0.2, -0.15) is 5.10 Å². The quantitative estimate of drug-likeness (QED) is 0.0771. The van der Waals surface area contributed by atoms with Crippen LogP contribution in [-0.4, -0.2) is 33.1 Å². The van der Waals surface area contributed by atoms with E-state index < -0.39 is 21.9 Å². The third kappa shape index (κ3) is 7.23. The Kier molecular flexibility index (Phi) is 9.23. The zero-order chi connectivity index (χ0) is 31.1. The number of nitrogens with one attached hydrogen (secondary N) is 2. The monoisotopic (exact) mass is 627 g/mol. The SMILES string of the molecule is CCOc1ccc(C(=O)Oc2ccc3ccccc3c2/C=N\NC(=O)c2ccc(NS(=O)(=O)c3ccc(Cl)cc3)cc2)cc1. The van der Waals surface area contributed by atoms with Crippen LogP contribution < -0.4 is 19.6 Å². The highest BCUT2D eigenvalue weighted by atomic mass is 35.5. The van der Waals surface area contributed by atoms with E-state index in [-0.39, 0.29) is 21.9 Å². The molecule has 0 aliphatic rings. The van der Waals surface area contributed by atoms with Crippen LogP contribution in [-0.2, 0) is 10.0 Å². The van der Waals surface area contributed by atoms with Gasteiger partial charge in [0.15, 0.2) is 0 Å². The minimum atomic E-state index is -3.84. The molecular weight excluding hydrogens is 602 g/mol. The smallest absolute Gasteiger partial charge is 0.343 e. The lowest BCUT2D eigenvalue weighted by Gasteiger charge is -2.11. The van der Waals surface area contributed by atoms with E-state index in [9.17, 15) is 18.0 Å². The summed E-state index contributed by atoms with van der Waals surface area (Å²) in [6.07, 6.45) is 1.41. The lowest BCUT2D eigenvalue weighted by Crippen LogP contribution is -2.18. The van der Waals surface area contributed by atoms with Crippen LogP contribution in [0.4, 0.5) is 5.69 Å². The number of rotatable bonds is 10. The maximum Gasteiger partial charge on any atom is 0.343 e. The summed E-state index contributed by atoms with van der Waals surface area (Å²) in [5, 5.41) is 6.19. The topological polar surface area (TPSA) is 123 Å². The van der Waals surface area contributed by atoms with Crippen LogP contribution in [0.2, 0.25) is 5.02 Å². The van der Waals surface area contributed by atoms with Gasteiger partial charge in [0.05, 0.1) is 23.3 Å². The Bertz CT molecular complexity index is 1940. The number of halogens is 1. The second kappa shape index (κ2) is 13.4. The van der Waals surface area contributed by atoms with Gasteiger partial charge < -0.3 is 9.47 Å². The number of anilines is 1. The Labute approximate surface area is 259 Å². The summed E-state index contributed by atoms with van der Waals surface area (Å²) in [4.78, 5) is 25.8. The van der Waals surface area contributed by atoms with Gasteiger partial charge >= 0.3 is 5.97 Å². The van der Waals surface area contributed by atoms with Gasteiger partial charge in [-0.25, -0.2) is 18.6 Å². The molecule has 0 aromatic heterocycles. The number of ether oxygens (including phenoxy) is 2. The zero-order valence-electron chi connectivity index (χ0n) is 23.4. The number of nitrogens with zero attached hydrogens (tertiary/aromatic N) is 1. The molecule has 0 spiro atoms. The molecule has 5 rings (SSSR count). The summed E-state index contributed by atoms with van der Waals surface area (Å²) in [7, 11) is -3.84. The number of hydrogen-bond donors (Lipinski definition) is 2. The van der Waals surface area contributed by atoms with Gasteiger partial charge in [0, 0.05) is 21.8 Å². The van der Waals surface area contributed by atoms with Crippen molar-refractivity contribution in [2.45, 2.75) is 11.8 Å². The van der Waals surface area contributed by atoms with E-state index in [2.05, 4.69) is 15.2 Å². The first-order valence-electron chi connectivity index (χ1n) is 13.4. The average Bonchev–Trinajstić information content (AvgIpc) is 3.02. The Morgan fingerprint density at radius 1 is 0.841 bits per heavy atom. The molecule has 0 aliphatic carbocycles. The minimum Gasteiger partial charge on any atom is -0.494 e. The average molecular weight is 628 g/mol. The Balaban J connectivity index is 1.30. The molecule has 0 aliphatic heterocycles. The second-order valence-electron chi connectivity index (χ2n) is 9.38. The summed E-state index contributed by atoms with van der Waals surface area (Å²) in [5.74, 6) is -0.180. The first-order valence-corrected chi connectivity index (χ1v) is 15.3. The Hall–Kier alpha value is -5.19. The highest BCUT2D eigenvalue weighted by Gasteiger charge is 2.16. The first kappa shape index (κ1) is 30.3. The lowest BCUT2D eigenvalue weighted by atomic mass is 10.0. The predicted octanol–water partition coefficient (Wildman–Crippen LogP) is 6.68. The number of hydrogen-bond acceptors (Lipinski definition) is 7. The number of fused-ring (bicyclic) bond motifs is 1. The molecule has 222 valence electrons. The van der Waals surface area contributed by atoms with Crippen molar-refractivity contribution in [1.29, 1.82) is 0 Å². The molecule has 1 amide bonds. The van der Waals surface area contributed by atoms with Crippen molar-refractivity contribution in [3.05, 3.63) is 131 Å². The summed E-state index contributed by atoms with van der Waals surface area (Å²) >= 11 is 5.84. The van der Waals surface area contributed by atoms with Crippen molar-refractivity contribution in [3.8, 4) is 11.5 Å². The van der Waals surface area contributed by atoms with Crippen molar-refractivity contribution >= 4 is 56.2 Å². The van der Waals surface area contributed by atoms with Crippen LogP contribution in [0.5, 0.6) is 11.5 Å². The summed E-state index contributed by atoms with van der Waals surface area (Å²) in [5.41, 5.74) is 3.83. The van der Waals surface area contributed by atoms with Crippen molar-refractivity contribution in [1.82, 2.24) is 5.43 Å². The van der Waals surface area contributed by atoms with Gasteiger partial charge in [0.2, 0.25) is 0 Å². The van der Waals surface area contributed by atoms with Crippen molar-refractivity contribution in [2.24, 2.45) is 5.10 Å². The van der Waals surface area contributed by atoms with Gasteiger partial charge in [-0.15, -0.1) is 0 Å². The summed E-state index contributed by atoms with van der Waals surface area (Å²) < 4.78 is 38.9. The Morgan fingerprint density at radius 2 is 1.52 bits per heavy atom. The third-order valence-corrected chi connectivity index (χ3v) is 8.07. The number of sulfonamides is 1. The van der Waals surface area contributed by atoms with E-state index in [0.29, 0.717) is 28.5 Å². The fourth-order valence-electron chi connectivity index (χ4n) is 4.25. The lowest BCUT2D eigenvalue weighted by molar-refractivity contribution is 0.0734. The molecule has 5 aromatic carbocycles. The summed E-state index contributed by atoms with van der Waals surface area (Å²) in [6, 6.07) is 29.2. The molecule has 0 atom stereocenters. The number of amides is 1. The molecule has 0 radical (unpaired) electrons. The molecule has 5 aromatic rings. The molecular formula is C33H26ClN3O6S. The van der Waals surface area contributed by atoms with Crippen molar-refractivity contribution < 1.29 is 27.5 Å². The number of carbonyl (C=O) groups is 2. The number of carbonyl (C=O) groups excluding carboxylic acids is 2. The van der Waals surface area contributed by atoms with E-state index in [1.165, 1.54) is 54.7 Å². The molecule has 2 N–H and O–H groups in total. The van der Waals surface area contributed by atoms with Gasteiger partial charge in [-0.05, 0) is 96.6 Å². The highest BCUT2D eigenvalue weighted by Crippen LogP contribution is 2.28. The molecule has 0 saturated heterocycles. The fourth-order valence-corrected chi connectivity index (χ4v) is 5.43. The second-order valence-corrected chi connectivity index (χ2v) is 11.5. The van der Waals surface area contributed by atoms with Gasteiger partial charge in [0.25, 0.3) is 15.9 Å². The van der Waals surface area contributed by atoms with Crippen LogP contribution >= 0.6 is 11.6 Å². The van der Waals surface area contributed by atoms with Crippen molar-refractivity contribution in [3.63, 3.8) is 0 Å². The number of benzene rings is 5. The maximum atomic E-state index is 12.9. The van der Waals surface area contributed by atoms with E-state index in [4.69, 9.17) is 21.1 Å². The third-order valence-electron chi connectivity index (χ3n) is 6.42. The molecule has 0 saturated carbocycles. The van der Waals surface area contributed by atoms with Crippen molar-refractivity contribution in [2.75, 3.05) is 11.3 Å². The minimum absolute atomic E-state index is 0.0519. The predicted molar refractivity (Wildman–Crippen MR) is 170 cm³/mol. The number of esters is 1. The fraction of sp³-hybridized carbons (Fsp3) is 0.0606. The molecule has 9 nitrogen and oxygen atoms in total. The van der Waals surface area contributed by atoms with Gasteiger partial charge in [0.1, 0.15) is 11.5 Å². The standard InChI is InChI=1S/C33H26ClN3O6S/c1-2-42-27-16-9-24(10-17-27)33(39)43-31-20-11-22-5-3-4-6-29(22)30(31)21-35-36-32(38)23-7-14-26(15-8-23)37-44(40,41)28-18-12-25(34)13-19-28/h3-21,37H,2H2,1H3,(H,36,38)/b35-21-. The van der Waals surface area contributed by atoms with Crippen LogP contribution in [0.15, 0.2) is 119 Å². The highest BCUT2D eigenvalue weighted by molar-refractivity contribution is 7.92. The van der Waals surface area contributed by atoms with E-state index in [1.807, 2.05) is 37.3 Å². The molecule has 0 fully saturated rings. The largest absolute Gasteiger partial charge is 0.494 e. The maximum absolute atomic E-state index is 12.9. The van der Waals surface area contributed by atoms with E-state index >= 15 is 0 Å². The molecule has 0 unspecified atom stereocenters. The summed E-state index contributed by atoms with van der Waals surface area (Å²) in [6.45, 7) is 2.39. The van der Waals surface area contributed by atoms with E-state index in [1.54, 1.807) is 30.3 Å². The van der Waals surface area contributed by atoms with Gasteiger partial charge in [-0.3, -0.25) is 9.52 Å². The Morgan fingerprint density at radius 3 is 2.23 bits per heavy atom. The van der Waals surface area contributed by atoms with Gasteiger partial charge in [-0.1, -0.05) is 41.9 Å². The molecule has 44 heavy (non-hydrogen) atoms. The van der Waals surface area contributed by atoms with Crippen LogP contribution in [0.1, 0.15) is 33.2 Å². The number of hydrazone groups is 1. The normalized spacial score (nSPS) is 11.3. The molecule has 11 heteroatoms. The van der Waals surface area contributed by atoms with Crippen LogP contribution in [0.3, 0.4) is 0 Å².